The molecule has 1 aliphatic rings. The highest BCUT2D eigenvalue weighted by molar-refractivity contribution is 9.10. The molecule has 0 atom stereocenters. The summed E-state index contributed by atoms with van der Waals surface area (Å²) < 4.78 is 12.3. The Balaban J connectivity index is 1.41. The average Bonchev–Trinajstić information content (AvgIpc) is 3.44. The first-order valence-corrected chi connectivity index (χ1v) is 12.7. The van der Waals surface area contributed by atoms with E-state index in [1.54, 1.807) is 36.4 Å². The number of ether oxygens (including phenoxy) is 2. The lowest BCUT2D eigenvalue weighted by Gasteiger charge is -2.17. The number of carbonyl (C=O) groups is 1. The Morgan fingerprint density at radius 3 is 2.59 bits per heavy atom. The van der Waals surface area contributed by atoms with E-state index in [1.807, 2.05) is 19.1 Å². The van der Waals surface area contributed by atoms with Crippen molar-refractivity contribution in [3.05, 3.63) is 91.9 Å². The number of nitrogens with zero attached hydrogens (tertiary/aromatic N) is 3. The molecule has 0 aliphatic carbocycles. The molecule has 0 unspecified atom stereocenters. The number of nitro benzene ring substituents is 1. The predicted octanol–water partition coefficient (Wildman–Crippen LogP) is 5.70. The van der Waals surface area contributed by atoms with Crippen molar-refractivity contribution in [1.82, 2.24) is 5.43 Å². The van der Waals surface area contributed by atoms with Crippen LogP contribution in [0.4, 0.5) is 11.4 Å². The van der Waals surface area contributed by atoms with Crippen molar-refractivity contribution in [2.24, 2.45) is 5.10 Å². The summed E-state index contributed by atoms with van der Waals surface area (Å²) in [6, 6.07) is 17.3. The topological polar surface area (TPSA) is 106 Å². The van der Waals surface area contributed by atoms with Crippen LogP contribution in [-0.4, -0.2) is 36.7 Å². The van der Waals surface area contributed by atoms with Crippen LogP contribution >= 0.6 is 15.9 Å². The highest BCUT2D eigenvalue weighted by Gasteiger charge is 2.15. The number of benzene rings is 3. The molecule has 0 radical (unpaired) electrons. The Labute approximate surface area is 223 Å². The maximum absolute atomic E-state index is 12.5. The number of halogens is 1. The second kappa shape index (κ2) is 12.4. The van der Waals surface area contributed by atoms with Gasteiger partial charge in [0, 0.05) is 36.5 Å². The van der Waals surface area contributed by atoms with E-state index in [0.717, 1.165) is 18.8 Å². The molecule has 1 saturated heterocycles. The first-order valence-electron chi connectivity index (χ1n) is 12.0. The van der Waals surface area contributed by atoms with Crippen LogP contribution in [0.2, 0.25) is 0 Å². The SMILES string of the molecule is CCOc1cc(/C=N\NC(=O)c2ccc(N3CCCC3)cc2)cc(Br)c1OCc1cccc([N+](=O)[O-])c1. The van der Waals surface area contributed by atoms with Gasteiger partial charge in [0.05, 0.1) is 22.2 Å². The van der Waals surface area contributed by atoms with E-state index in [-0.39, 0.29) is 18.2 Å². The van der Waals surface area contributed by atoms with E-state index in [2.05, 4.69) is 31.4 Å². The van der Waals surface area contributed by atoms with E-state index in [0.29, 0.717) is 39.3 Å². The second-order valence-electron chi connectivity index (χ2n) is 8.42. The fraction of sp³-hybridized carbons (Fsp3) is 0.259. The van der Waals surface area contributed by atoms with E-state index in [9.17, 15) is 14.9 Å². The highest BCUT2D eigenvalue weighted by Crippen LogP contribution is 2.37. The molecule has 0 aromatic heterocycles. The van der Waals surface area contributed by atoms with Gasteiger partial charge in [0.1, 0.15) is 6.61 Å². The van der Waals surface area contributed by atoms with E-state index in [4.69, 9.17) is 9.47 Å². The molecule has 10 heteroatoms. The van der Waals surface area contributed by atoms with Crippen molar-refractivity contribution >= 4 is 39.4 Å². The van der Waals surface area contributed by atoms with Gasteiger partial charge >= 0.3 is 0 Å². The van der Waals surface area contributed by atoms with E-state index in [1.165, 1.54) is 31.2 Å². The van der Waals surface area contributed by atoms with Crippen LogP contribution in [-0.2, 0) is 6.61 Å². The number of hydrogen-bond acceptors (Lipinski definition) is 7. The lowest BCUT2D eigenvalue weighted by molar-refractivity contribution is -0.384. The molecule has 1 fully saturated rings. The number of carbonyl (C=O) groups excluding carboxylic acids is 1. The molecule has 0 bridgehead atoms. The Hall–Kier alpha value is -3.92. The van der Waals surface area contributed by atoms with Crippen molar-refractivity contribution in [1.29, 1.82) is 0 Å². The first-order chi connectivity index (χ1) is 17.9. The second-order valence-corrected chi connectivity index (χ2v) is 9.27. The minimum absolute atomic E-state index is 0.00124. The van der Waals surface area contributed by atoms with Crippen LogP contribution in [0.25, 0.3) is 0 Å². The molecule has 0 spiro atoms. The van der Waals surface area contributed by atoms with Crippen molar-refractivity contribution in [2.75, 3.05) is 24.6 Å². The third-order valence-electron chi connectivity index (χ3n) is 5.82. The zero-order valence-corrected chi connectivity index (χ0v) is 21.9. The van der Waals surface area contributed by atoms with Crippen molar-refractivity contribution in [2.45, 2.75) is 26.4 Å². The van der Waals surface area contributed by atoms with Crippen molar-refractivity contribution < 1.29 is 19.2 Å². The van der Waals surface area contributed by atoms with Gasteiger partial charge in [-0.2, -0.15) is 5.10 Å². The van der Waals surface area contributed by atoms with Crippen LogP contribution in [0.15, 0.2) is 70.2 Å². The van der Waals surface area contributed by atoms with Gasteiger partial charge in [-0.25, -0.2) is 5.43 Å². The minimum atomic E-state index is -0.443. The summed E-state index contributed by atoms with van der Waals surface area (Å²) in [5.74, 6) is 0.644. The maximum Gasteiger partial charge on any atom is 0.271 e. The Kier molecular flexibility index (Phi) is 8.73. The maximum atomic E-state index is 12.5. The van der Waals surface area contributed by atoms with Gasteiger partial charge in [-0.1, -0.05) is 12.1 Å². The summed E-state index contributed by atoms with van der Waals surface area (Å²) in [5.41, 5.74) is 5.55. The van der Waals surface area contributed by atoms with Crippen molar-refractivity contribution in [3.8, 4) is 11.5 Å². The van der Waals surface area contributed by atoms with Gasteiger partial charge in [0.2, 0.25) is 0 Å². The number of hydrogen-bond donors (Lipinski definition) is 1. The van der Waals surface area contributed by atoms with Gasteiger partial charge in [-0.15, -0.1) is 0 Å². The summed E-state index contributed by atoms with van der Waals surface area (Å²) in [4.78, 5) is 25.4. The largest absolute Gasteiger partial charge is 0.490 e. The quantitative estimate of drug-likeness (QED) is 0.192. The third-order valence-corrected chi connectivity index (χ3v) is 6.41. The summed E-state index contributed by atoms with van der Waals surface area (Å²) in [5, 5.41) is 15.1. The fourth-order valence-corrected chi connectivity index (χ4v) is 4.58. The number of hydrazone groups is 1. The average molecular weight is 567 g/mol. The molecular weight excluding hydrogens is 540 g/mol. The zero-order chi connectivity index (χ0) is 26.2. The molecule has 3 aromatic carbocycles. The normalized spacial score (nSPS) is 13.1. The molecule has 9 nitrogen and oxygen atoms in total. The highest BCUT2D eigenvalue weighted by atomic mass is 79.9. The van der Waals surface area contributed by atoms with E-state index < -0.39 is 4.92 Å². The minimum Gasteiger partial charge on any atom is -0.490 e. The summed E-state index contributed by atoms with van der Waals surface area (Å²) in [6.45, 7) is 4.49. The molecule has 192 valence electrons. The lowest BCUT2D eigenvalue weighted by atomic mass is 10.2. The monoisotopic (exact) mass is 566 g/mol. The fourth-order valence-electron chi connectivity index (χ4n) is 4.01. The molecule has 1 N–H and O–H groups in total. The van der Waals surface area contributed by atoms with Crippen LogP contribution in [0.3, 0.4) is 0 Å². The number of nitrogens with one attached hydrogen (secondary N) is 1. The smallest absolute Gasteiger partial charge is 0.271 e. The number of rotatable bonds is 10. The van der Waals surface area contributed by atoms with Gasteiger partial charge in [-0.3, -0.25) is 14.9 Å². The molecule has 1 heterocycles. The number of nitro groups is 1. The van der Waals surface area contributed by atoms with Crippen LogP contribution < -0.4 is 19.8 Å². The predicted molar refractivity (Wildman–Crippen MR) is 146 cm³/mol. The number of non-ortho nitro benzene ring substituents is 1. The molecule has 1 aliphatic heterocycles. The zero-order valence-electron chi connectivity index (χ0n) is 20.4. The van der Waals surface area contributed by atoms with Gasteiger partial charge in [0.15, 0.2) is 11.5 Å². The van der Waals surface area contributed by atoms with E-state index >= 15 is 0 Å². The molecular formula is C27H27BrN4O5. The van der Waals surface area contributed by atoms with Crippen molar-refractivity contribution in [3.63, 3.8) is 0 Å². The Morgan fingerprint density at radius 1 is 1.14 bits per heavy atom. The number of amides is 1. The molecule has 37 heavy (non-hydrogen) atoms. The first kappa shape index (κ1) is 26.2. The van der Waals surface area contributed by atoms with Crippen LogP contribution in [0.5, 0.6) is 11.5 Å². The molecule has 0 saturated carbocycles. The lowest BCUT2D eigenvalue weighted by Crippen LogP contribution is -2.19. The number of anilines is 1. The van der Waals surface area contributed by atoms with Gasteiger partial charge in [-0.05, 0) is 83.2 Å². The molecule has 3 aromatic rings. The summed E-state index contributed by atoms with van der Waals surface area (Å²) in [7, 11) is 0. The van der Waals surface area contributed by atoms with Crippen LogP contribution in [0.1, 0.15) is 41.3 Å². The summed E-state index contributed by atoms with van der Waals surface area (Å²) >= 11 is 3.51. The van der Waals surface area contributed by atoms with Gasteiger partial charge in [0.25, 0.3) is 11.6 Å². The summed E-state index contributed by atoms with van der Waals surface area (Å²) in [6.07, 6.45) is 3.92. The van der Waals surface area contributed by atoms with Gasteiger partial charge < -0.3 is 14.4 Å². The Bertz CT molecular complexity index is 1290. The molecule has 1 amide bonds. The molecule has 4 rings (SSSR count). The Morgan fingerprint density at radius 2 is 1.89 bits per heavy atom. The van der Waals surface area contributed by atoms with Crippen LogP contribution in [0, 0.1) is 10.1 Å². The standard InChI is InChI=1S/C27H27BrN4O5/c1-2-36-25-16-20(15-24(28)26(25)37-18-19-6-5-7-23(14-19)32(34)35)17-29-30-27(33)21-8-10-22(11-9-21)31-12-3-4-13-31/h5-11,14-17H,2-4,12-13,18H2,1H3,(H,30,33)/b29-17-. The third kappa shape index (κ3) is 6.85.